The maximum Gasteiger partial charge on any atom is 0.253 e. The summed E-state index contributed by atoms with van der Waals surface area (Å²) in [7, 11) is 0. The van der Waals surface area contributed by atoms with Gasteiger partial charge >= 0.3 is 0 Å². The van der Waals surface area contributed by atoms with Crippen LogP contribution in [0.5, 0.6) is 0 Å². The Morgan fingerprint density at radius 2 is 2.00 bits per heavy atom. The van der Waals surface area contributed by atoms with Crippen molar-refractivity contribution in [2.75, 3.05) is 5.32 Å². The lowest BCUT2D eigenvalue weighted by Crippen LogP contribution is -2.32. The van der Waals surface area contributed by atoms with Crippen LogP contribution >= 0.6 is 11.6 Å². The molecule has 5 heteroatoms. The Bertz CT molecular complexity index is 628. The fourth-order valence-electron chi connectivity index (χ4n) is 1.88. The average molecular weight is 318 g/mol. The van der Waals surface area contributed by atoms with Gasteiger partial charge in [0.15, 0.2) is 0 Å². The zero-order valence-electron chi connectivity index (χ0n) is 12.8. The van der Waals surface area contributed by atoms with Gasteiger partial charge in [-0.1, -0.05) is 30.7 Å². The lowest BCUT2D eigenvalue weighted by Gasteiger charge is -2.12. The molecule has 0 radical (unpaired) electrons. The van der Waals surface area contributed by atoms with Crippen molar-refractivity contribution in [2.24, 2.45) is 0 Å². The number of nitrogens with zero attached hydrogens (tertiary/aromatic N) is 1. The summed E-state index contributed by atoms with van der Waals surface area (Å²) in [6.45, 7) is 4.66. The number of nitrogens with one attached hydrogen (secondary N) is 2. The third-order valence-corrected chi connectivity index (χ3v) is 3.65. The number of benzene rings is 1. The molecule has 0 fully saturated rings. The first-order chi connectivity index (χ1) is 10.6. The minimum Gasteiger partial charge on any atom is -0.380 e. The van der Waals surface area contributed by atoms with Crippen LogP contribution in [0.3, 0.4) is 0 Å². The minimum atomic E-state index is -0.100. The molecule has 1 atom stereocenters. The van der Waals surface area contributed by atoms with Crippen molar-refractivity contribution in [1.82, 2.24) is 10.3 Å². The molecule has 0 aliphatic heterocycles. The molecule has 0 saturated carbocycles. The Hall–Kier alpha value is -2.07. The highest BCUT2D eigenvalue weighted by Crippen LogP contribution is 2.13. The summed E-state index contributed by atoms with van der Waals surface area (Å²) < 4.78 is 0. The fourth-order valence-corrected chi connectivity index (χ4v) is 2.00. The van der Waals surface area contributed by atoms with Crippen LogP contribution in [0.1, 0.15) is 36.2 Å². The molecule has 22 heavy (non-hydrogen) atoms. The molecule has 2 aromatic rings. The quantitative estimate of drug-likeness (QED) is 0.850. The Balaban J connectivity index is 1.99. The molecule has 0 aliphatic rings. The summed E-state index contributed by atoms with van der Waals surface area (Å²) in [5, 5.41) is 6.91. The van der Waals surface area contributed by atoms with Gasteiger partial charge in [0.1, 0.15) is 0 Å². The first kappa shape index (κ1) is 16.3. The van der Waals surface area contributed by atoms with Gasteiger partial charge in [0.05, 0.1) is 11.3 Å². The Morgan fingerprint density at radius 1 is 1.27 bits per heavy atom. The summed E-state index contributed by atoms with van der Waals surface area (Å²) in [6, 6.07) is 9.59. The molecular formula is C17H20ClN3O. The topological polar surface area (TPSA) is 54.0 Å². The van der Waals surface area contributed by atoms with Gasteiger partial charge in [0.2, 0.25) is 0 Å². The van der Waals surface area contributed by atoms with E-state index in [0.717, 1.165) is 17.7 Å². The van der Waals surface area contributed by atoms with E-state index in [1.165, 1.54) is 0 Å². The van der Waals surface area contributed by atoms with E-state index in [0.29, 0.717) is 17.1 Å². The van der Waals surface area contributed by atoms with Crippen LogP contribution in [0.4, 0.5) is 5.69 Å². The maximum atomic E-state index is 12.1. The van der Waals surface area contributed by atoms with Crippen LogP contribution in [0.2, 0.25) is 5.02 Å². The Kier molecular flexibility index (Phi) is 5.78. The molecular weight excluding hydrogens is 298 g/mol. The highest BCUT2D eigenvalue weighted by Gasteiger charge is 2.09. The van der Waals surface area contributed by atoms with E-state index in [9.17, 15) is 4.79 Å². The van der Waals surface area contributed by atoms with Crippen molar-refractivity contribution in [3.05, 3.63) is 58.9 Å². The van der Waals surface area contributed by atoms with Crippen molar-refractivity contribution in [1.29, 1.82) is 0 Å². The summed E-state index contributed by atoms with van der Waals surface area (Å²) in [6.07, 6.45) is 4.18. The first-order valence-electron chi connectivity index (χ1n) is 7.32. The van der Waals surface area contributed by atoms with Crippen LogP contribution < -0.4 is 10.6 Å². The van der Waals surface area contributed by atoms with E-state index in [2.05, 4.69) is 15.6 Å². The number of carbonyl (C=O) groups excluding carboxylic acids is 1. The molecule has 0 bridgehead atoms. The van der Waals surface area contributed by atoms with Gasteiger partial charge < -0.3 is 10.6 Å². The van der Waals surface area contributed by atoms with Crippen molar-refractivity contribution in [2.45, 2.75) is 32.9 Å². The van der Waals surface area contributed by atoms with Gasteiger partial charge in [-0.25, -0.2) is 0 Å². The highest BCUT2D eigenvalue weighted by molar-refractivity contribution is 6.30. The molecule has 1 aromatic carbocycles. The Morgan fingerprint density at radius 3 is 2.68 bits per heavy atom. The molecule has 1 unspecified atom stereocenters. The molecule has 2 rings (SSSR count). The largest absolute Gasteiger partial charge is 0.380 e. The number of anilines is 1. The van der Waals surface area contributed by atoms with E-state index in [1.54, 1.807) is 18.5 Å². The van der Waals surface area contributed by atoms with E-state index in [-0.39, 0.29) is 11.9 Å². The molecule has 2 N–H and O–H groups in total. The molecule has 0 aliphatic carbocycles. The molecule has 0 spiro atoms. The van der Waals surface area contributed by atoms with Crippen LogP contribution in [0.15, 0.2) is 42.7 Å². The summed E-state index contributed by atoms with van der Waals surface area (Å²) in [5.74, 6) is -0.100. The highest BCUT2D eigenvalue weighted by atomic mass is 35.5. The van der Waals surface area contributed by atoms with E-state index < -0.39 is 0 Å². The van der Waals surface area contributed by atoms with Gasteiger partial charge in [-0.3, -0.25) is 9.78 Å². The van der Waals surface area contributed by atoms with Gasteiger partial charge in [-0.15, -0.1) is 0 Å². The Labute approximate surface area is 135 Å². The molecule has 1 aromatic heterocycles. The molecule has 4 nitrogen and oxygen atoms in total. The number of halogens is 1. The van der Waals surface area contributed by atoms with E-state index in [1.807, 2.05) is 38.1 Å². The zero-order chi connectivity index (χ0) is 15.9. The van der Waals surface area contributed by atoms with Crippen LogP contribution in [-0.2, 0) is 6.54 Å². The standard InChI is InChI=1S/C17H20ClN3O/c1-3-12(2)21-17(22)14-8-16(11-19-10-14)20-9-13-4-6-15(18)7-5-13/h4-8,10-12,20H,3,9H2,1-2H3,(H,21,22). The summed E-state index contributed by atoms with van der Waals surface area (Å²) in [4.78, 5) is 16.2. The lowest BCUT2D eigenvalue weighted by molar-refractivity contribution is 0.0939. The zero-order valence-corrected chi connectivity index (χ0v) is 13.5. The third kappa shape index (κ3) is 4.74. The normalized spacial score (nSPS) is 11.8. The maximum absolute atomic E-state index is 12.1. The number of aromatic nitrogens is 1. The van der Waals surface area contributed by atoms with Crippen molar-refractivity contribution >= 4 is 23.2 Å². The predicted molar refractivity (Wildman–Crippen MR) is 90.2 cm³/mol. The number of hydrogen-bond donors (Lipinski definition) is 2. The number of amides is 1. The van der Waals surface area contributed by atoms with Gasteiger partial charge in [0.25, 0.3) is 5.91 Å². The monoisotopic (exact) mass is 317 g/mol. The minimum absolute atomic E-state index is 0.100. The van der Waals surface area contributed by atoms with Gasteiger partial charge in [-0.2, -0.15) is 0 Å². The van der Waals surface area contributed by atoms with Crippen molar-refractivity contribution in [3.8, 4) is 0 Å². The van der Waals surface area contributed by atoms with Crippen LogP contribution in [0.25, 0.3) is 0 Å². The number of rotatable bonds is 6. The summed E-state index contributed by atoms with van der Waals surface area (Å²) >= 11 is 5.86. The smallest absolute Gasteiger partial charge is 0.253 e. The second-order valence-electron chi connectivity index (χ2n) is 5.23. The van der Waals surface area contributed by atoms with E-state index >= 15 is 0 Å². The number of hydrogen-bond acceptors (Lipinski definition) is 3. The molecule has 0 saturated heterocycles. The fraction of sp³-hybridized carbons (Fsp3) is 0.294. The molecule has 116 valence electrons. The van der Waals surface area contributed by atoms with Crippen LogP contribution in [0, 0.1) is 0 Å². The first-order valence-corrected chi connectivity index (χ1v) is 7.70. The lowest BCUT2D eigenvalue weighted by atomic mass is 10.2. The van der Waals surface area contributed by atoms with E-state index in [4.69, 9.17) is 11.6 Å². The van der Waals surface area contributed by atoms with Gasteiger partial charge in [-0.05, 0) is 37.1 Å². The van der Waals surface area contributed by atoms with Crippen LogP contribution in [-0.4, -0.2) is 16.9 Å². The SMILES string of the molecule is CCC(C)NC(=O)c1cncc(NCc2ccc(Cl)cc2)c1. The molecule has 1 amide bonds. The third-order valence-electron chi connectivity index (χ3n) is 3.40. The van der Waals surface area contributed by atoms with Crippen molar-refractivity contribution in [3.63, 3.8) is 0 Å². The second kappa shape index (κ2) is 7.80. The van der Waals surface area contributed by atoms with Crippen molar-refractivity contribution < 1.29 is 4.79 Å². The predicted octanol–water partition coefficient (Wildman–Crippen LogP) is 3.88. The summed E-state index contributed by atoms with van der Waals surface area (Å²) in [5.41, 5.74) is 2.48. The number of pyridine rings is 1. The second-order valence-corrected chi connectivity index (χ2v) is 5.66. The molecule has 1 heterocycles. The average Bonchev–Trinajstić information content (AvgIpc) is 2.54. The number of carbonyl (C=O) groups is 1. The van der Waals surface area contributed by atoms with Gasteiger partial charge in [0, 0.05) is 30.0 Å².